The first kappa shape index (κ1) is 19.2. The van der Waals surface area contributed by atoms with Crippen molar-refractivity contribution in [1.82, 2.24) is 10.0 Å². The third-order valence-corrected chi connectivity index (χ3v) is 5.71. The topological polar surface area (TPSA) is 67.4 Å². The van der Waals surface area contributed by atoms with Crippen molar-refractivity contribution < 1.29 is 13.2 Å². The molecule has 2 N–H and O–H groups in total. The summed E-state index contributed by atoms with van der Waals surface area (Å²) in [4.78, 5) is 0.339. The summed E-state index contributed by atoms with van der Waals surface area (Å²) in [5.74, 6) is 0.995. The number of halogens is 1. The van der Waals surface area contributed by atoms with E-state index >= 15 is 0 Å². The van der Waals surface area contributed by atoms with E-state index in [1.807, 2.05) is 6.92 Å². The minimum atomic E-state index is -3.50. The van der Waals surface area contributed by atoms with Crippen LogP contribution in [-0.4, -0.2) is 34.7 Å². The molecule has 1 aliphatic heterocycles. The van der Waals surface area contributed by atoms with Gasteiger partial charge in [0.25, 0.3) is 0 Å². The van der Waals surface area contributed by atoms with Gasteiger partial charge in [-0.25, -0.2) is 13.1 Å². The summed E-state index contributed by atoms with van der Waals surface area (Å²) in [6.07, 6.45) is 0.814. The fraction of sp³-hybridized carbons (Fsp3) is 0.600. The number of rotatable bonds is 4. The van der Waals surface area contributed by atoms with Crippen LogP contribution in [-0.2, 0) is 10.0 Å². The van der Waals surface area contributed by atoms with Gasteiger partial charge in [-0.15, -0.1) is 12.4 Å². The second-order valence-electron chi connectivity index (χ2n) is 5.79. The van der Waals surface area contributed by atoms with Crippen LogP contribution in [0.25, 0.3) is 0 Å². The lowest BCUT2D eigenvalue weighted by atomic mass is 9.97. The third-order valence-electron chi connectivity index (χ3n) is 4.07. The molecule has 2 unspecified atom stereocenters. The van der Waals surface area contributed by atoms with Crippen LogP contribution >= 0.6 is 12.4 Å². The van der Waals surface area contributed by atoms with Gasteiger partial charge in [-0.05, 0) is 62.5 Å². The van der Waals surface area contributed by atoms with Gasteiger partial charge in [0, 0.05) is 6.04 Å². The summed E-state index contributed by atoms with van der Waals surface area (Å²) < 4.78 is 33.4. The Bertz CT molecular complexity index is 619. The molecule has 1 saturated heterocycles. The number of benzene rings is 1. The van der Waals surface area contributed by atoms with Gasteiger partial charge in [-0.2, -0.15) is 0 Å². The SMILES string of the molecule is COc1cc(C)c(S(=O)(=O)NC2CCNCC2C)cc1C.Cl. The number of piperidine rings is 1. The Kier molecular flexibility index (Phi) is 6.67. The van der Waals surface area contributed by atoms with Crippen molar-refractivity contribution in [2.24, 2.45) is 5.92 Å². The molecule has 0 radical (unpaired) electrons. The molecule has 1 aromatic rings. The van der Waals surface area contributed by atoms with E-state index in [0.29, 0.717) is 16.2 Å². The molecule has 0 bridgehead atoms. The molecule has 1 heterocycles. The number of hydrogen-bond donors (Lipinski definition) is 2. The van der Waals surface area contributed by atoms with E-state index in [9.17, 15) is 8.42 Å². The summed E-state index contributed by atoms with van der Waals surface area (Å²) in [5.41, 5.74) is 1.52. The minimum absolute atomic E-state index is 0. The first-order valence-electron chi connectivity index (χ1n) is 7.23. The standard InChI is InChI=1S/C15H24N2O3S.ClH/c1-10-8-15(11(2)7-14(10)20-4)21(18,19)17-13-5-6-16-9-12(13)3;/h7-8,12-13,16-17H,5-6,9H2,1-4H3;1H. The number of aryl methyl sites for hydroxylation is 2. The number of hydrogen-bond acceptors (Lipinski definition) is 4. The van der Waals surface area contributed by atoms with E-state index < -0.39 is 10.0 Å². The Labute approximate surface area is 139 Å². The molecule has 126 valence electrons. The number of nitrogens with one attached hydrogen (secondary N) is 2. The highest BCUT2D eigenvalue weighted by molar-refractivity contribution is 7.89. The van der Waals surface area contributed by atoms with Gasteiger partial charge in [-0.3, -0.25) is 0 Å². The maximum atomic E-state index is 12.6. The van der Waals surface area contributed by atoms with E-state index in [1.54, 1.807) is 26.2 Å². The third kappa shape index (κ3) is 4.13. The first-order chi connectivity index (χ1) is 9.85. The Morgan fingerprint density at radius 1 is 1.27 bits per heavy atom. The molecule has 22 heavy (non-hydrogen) atoms. The lowest BCUT2D eigenvalue weighted by Gasteiger charge is -2.30. The van der Waals surface area contributed by atoms with E-state index in [2.05, 4.69) is 17.0 Å². The second-order valence-corrected chi connectivity index (χ2v) is 7.47. The van der Waals surface area contributed by atoms with Gasteiger partial charge in [0.05, 0.1) is 12.0 Å². The van der Waals surface area contributed by atoms with E-state index in [1.165, 1.54) is 0 Å². The Hall–Kier alpha value is -0.820. The van der Waals surface area contributed by atoms with Crippen LogP contribution in [0.5, 0.6) is 5.75 Å². The summed E-state index contributed by atoms with van der Waals surface area (Å²) in [5, 5.41) is 3.27. The zero-order valence-electron chi connectivity index (χ0n) is 13.5. The van der Waals surface area contributed by atoms with E-state index in [-0.39, 0.29) is 24.4 Å². The molecule has 0 amide bonds. The van der Waals surface area contributed by atoms with Gasteiger partial charge in [0.15, 0.2) is 0 Å². The number of methoxy groups -OCH3 is 1. The van der Waals surface area contributed by atoms with Crippen LogP contribution in [0.15, 0.2) is 17.0 Å². The van der Waals surface area contributed by atoms with Crippen molar-refractivity contribution in [3.63, 3.8) is 0 Å². The predicted octanol–water partition coefficient (Wildman–Crippen LogP) is 2.01. The molecule has 1 fully saturated rings. The van der Waals surface area contributed by atoms with Crippen LogP contribution in [0.3, 0.4) is 0 Å². The average Bonchev–Trinajstić information content (AvgIpc) is 2.43. The van der Waals surface area contributed by atoms with Crippen LogP contribution in [0.4, 0.5) is 0 Å². The van der Waals surface area contributed by atoms with Crippen molar-refractivity contribution in [3.05, 3.63) is 23.3 Å². The molecule has 0 aromatic heterocycles. The maximum Gasteiger partial charge on any atom is 0.241 e. The largest absolute Gasteiger partial charge is 0.496 e. The first-order valence-corrected chi connectivity index (χ1v) is 8.71. The second kappa shape index (κ2) is 7.64. The van der Waals surface area contributed by atoms with Crippen LogP contribution in [0.2, 0.25) is 0 Å². The van der Waals surface area contributed by atoms with Crippen LogP contribution in [0, 0.1) is 19.8 Å². The van der Waals surface area contributed by atoms with Crippen LogP contribution < -0.4 is 14.8 Å². The van der Waals surface area contributed by atoms with E-state index in [4.69, 9.17) is 4.74 Å². The van der Waals surface area contributed by atoms with E-state index in [0.717, 1.165) is 25.1 Å². The summed E-state index contributed by atoms with van der Waals surface area (Å²) in [7, 11) is -1.92. The number of sulfonamides is 1. The molecule has 0 aliphatic carbocycles. The molecule has 0 spiro atoms. The smallest absolute Gasteiger partial charge is 0.241 e. The fourth-order valence-corrected chi connectivity index (χ4v) is 4.41. The van der Waals surface area contributed by atoms with Gasteiger partial charge >= 0.3 is 0 Å². The molecule has 2 rings (SSSR count). The van der Waals surface area contributed by atoms with Gasteiger partial charge in [0.2, 0.25) is 10.0 Å². The highest BCUT2D eigenvalue weighted by Crippen LogP contribution is 2.26. The van der Waals surface area contributed by atoms with Crippen molar-refractivity contribution in [3.8, 4) is 5.75 Å². The summed E-state index contributed by atoms with van der Waals surface area (Å²) in [6.45, 7) is 7.39. The lowest BCUT2D eigenvalue weighted by molar-refractivity contribution is 0.328. The van der Waals surface area contributed by atoms with Crippen molar-refractivity contribution in [2.75, 3.05) is 20.2 Å². The Morgan fingerprint density at radius 2 is 1.95 bits per heavy atom. The molecule has 1 aromatic carbocycles. The van der Waals surface area contributed by atoms with Crippen molar-refractivity contribution in [2.45, 2.75) is 38.1 Å². The van der Waals surface area contributed by atoms with Crippen molar-refractivity contribution in [1.29, 1.82) is 0 Å². The Balaban J connectivity index is 0.00000242. The monoisotopic (exact) mass is 348 g/mol. The van der Waals surface area contributed by atoms with Gasteiger partial charge in [0.1, 0.15) is 5.75 Å². The predicted molar refractivity (Wildman–Crippen MR) is 90.5 cm³/mol. The minimum Gasteiger partial charge on any atom is -0.496 e. The fourth-order valence-electron chi connectivity index (χ4n) is 2.72. The molecular weight excluding hydrogens is 324 g/mol. The highest BCUT2D eigenvalue weighted by Gasteiger charge is 2.27. The van der Waals surface area contributed by atoms with Crippen LogP contribution in [0.1, 0.15) is 24.5 Å². The number of ether oxygens (including phenoxy) is 1. The molecule has 5 nitrogen and oxygen atoms in total. The quantitative estimate of drug-likeness (QED) is 0.873. The van der Waals surface area contributed by atoms with Crippen molar-refractivity contribution >= 4 is 22.4 Å². The highest BCUT2D eigenvalue weighted by atomic mass is 35.5. The molecule has 7 heteroatoms. The van der Waals surface area contributed by atoms with Gasteiger partial charge in [-0.1, -0.05) is 6.92 Å². The Morgan fingerprint density at radius 3 is 2.55 bits per heavy atom. The maximum absolute atomic E-state index is 12.6. The zero-order valence-corrected chi connectivity index (χ0v) is 15.1. The zero-order chi connectivity index (χ0) is 15.6. The molecule has 0 saturated carbocycles. The summed E-state index contributed by atoms with van der Waals surface area (Å²) in [6, 6.07) is 3.44. The van der Waals surface area contributed by atoms with Gasteiger partial charge < -0.3 is 10.1 Å². The molecule has 2 atom stereocenters. The molecular formula is C15H25ClN2O3S. The molecule has 1 aliphatic rings. The summed E-state index contributed by atoms with van der Waals surface area (Å²) >= 11 is 0. The average molecular weight is 349 g/mol. The lowest BCUT2D eigenvalue weighted by Crippen LogP contribution is -2.48. The normalized spacial score (nSPS) is 22.0.